The Kier molecular flexibility index (Phi) is 4.30. The Morgan fingerprint density at radius 2 is 2.10 bits per heavy atom. The Balaban J connectivity index is 1.99. The summed E-state index contributed by atoms with van der Waals surface area (Å²) in [6.07, 6.45) is 1.45. The summed E-state index contributed by atoms with van der Waals surface area (Å²) in [4.78, 5) is 15.8. The molecule has 100 valence electrons. The van der Waals surface area contributed by atoms with Crippen LogP contribution >= 0.6 is 0 Å². The molecule has 0 bridgehead atoms. The molecule has 1 heterocycles. The van der Waals surface area contributed by atoms with Gasteiger partial charge in [0.15, 0.2) is 0 Å². The van der Waals surface area contributed by atoms with Gasteiger partial charge in [-0.25, -0.2) is 0 Å². The van der Waals surface area contributed by atoms with E-state index in [0.717, 1.165) is 11.3 Å². The quantitative estimate of drug-likeness (QED) is 0.917. The number of ether oxygens (including phenoxy) is 1. The van der Waals surface area contributed by atoms with Crippen LogP contribution in [0, 0.1) is 11.3 Å². The van der Waals surface area contributed by atoms with E-state index >= 15 is 0 Å². The van der Waals surface area contributed by atoms with Crippen molar-refractivity contribution in [1.29, 1.82) is 5.26 Å². The van der Waals surface area contributed by atoms with Crippen LogP contribution in [0.15, 0.2) is 42.6 Å². The van der Waals surface area contributed by atoms with Crippen LogP contribution in [0.5, 0.6) is 5.75 Å². The zero-order valence-electron chi connectivity index (χ0n) is 11.0. The van der Waals surface area contributed by atoms with Gasteiger partial charge in [0.1, 0.15) is 11.4 Å². The number of pyridine rings is 1. The molecule has 0 radical (unpaired) electrons. The molecule has 5 heteroatoms. The normalized spacial score (nSPS) is 9.60. The fourth-order valence-electron chi connectivity index (χ4n) is 1.64. The number of carbonyl (C=O) groups is 1. The fourth-order valence-corrected chi connectivity index (χ4v) is 1.64. The largest absolute Gasteiger partial charge is 0.497 e. The number of hydrogen-bond donors (Lipinski definition) is 1. The molecule has 0 aliphatic carbocycles. The Morgan fingerprint density at radius 3 is 2.75 bits per heavy atom. The second-order valence-electron chi connectivity index (χ2n) is 4.07. The predicted molar refractivity (Wildman–Crippen MR) is 73.1 cm³/mol. The molecule has 2 rings (SSSR count). The highest BCUT2D eigenvalue weighted by molar-refractivity contribution is 5.92. The Labute approximate surface area is 116 Å². The lowest BCUT2D eigenvalue weighted by Gasteiger charge is -2.06. The lowest BCUT2D eigenvalue weighted by Crippen LogP contribution is -2.23. The molecule has 0 saturated heterocycles. The Hall–Kier alpha value is -2.87. The van der Waals surface area contributed by atoms with Crippen LogP contribution < -0.4 is 10.1 Å². The van der Waals surface area contributed by atoms with Crippen molar-refractivity contribution in [3.05, 3.63) is 59.4 Å². The summed E-state index contributed by atoms with van der Waals surface area (Å²) in [5.41, 5.74) is 1.60. The highest BCUT2D eigenvalue weighted by atomic mass is 16.5. The van der Waals surface area contributed by atoms with E-state index in [1.54, 1.807) is 13.2 Å². The maximum absolute atomic E-state index is 11.9. The molecule has 0 atom stereocenters. The topological polar surface area (TPSA) is 75.0 Å². The number of nitrogens with one attached hydrogen (secondary N) is 1. The molecule has 5 nitrogen and oxygen atoms in total. The number of amides is 1. The third-order valence-electron chi connectivity index (χ3n) is 2.73. The minimum absolute atomic E-state index is 0.234. The molecule has 0 unspecified atom stereocenters. The van der Waals surface area contributed by atoms with Crippen LogP contribution in [0.4, 0.5) is 0 Å². The van der Waals surface area contributed by atoms with Gasteiger partial charge in [-0.05, 0) is 29.8 Å². The molecule has 1 amide bonds. The first-order valence-electron chi connectivity index (χ1n) is 6.00. The highest BCUT2D eigenvalue weighted by Crippen LogP contribution is 2.11. The minimum atomic E-state index is -0.307. The first kappa shape index (κ1) is 13.6. The molecule has 0 saturated carbocycles. The van der Waals surface area contributed by atoms with Gasteiger partial charge in [-0.2, -0.15) is 5.26 Å². The van der Waals surface area contributed by atoms with Gasteiger partial charge in [0.05, 0.1) is 18.7 Å². The summed E-state index contributed by atoms with van der Waals surface area (Å²) in [5.74, 6) is 0.460. The van der Waals surface area contributed by atoms with Gasteiger partial charge in [-0.15, -0.1) is 0 Å². The van der Waals surface area contributed by atoms with Crippen molar-refractivity contribution >= 4 is 5.91 Å². The molecule has 1 N–H and O–H groups in total. The maximum Gasteiger partial charge on any atom is 0.270 e. The molecule has 0 spiro atoms. The zero-order valence-corrected chi connectivity index (χ0v) is 11.0. The fraction of sp³-hybridized carbons (Fsp3) is 0.133. The van der Waals surface area contributed by atoms with E-state index in [9.17, 15) is 4.79 Å². The van der Waals surface area contributed by atoms with Gasteiger partial charge < -0.3 is 10.1 Å². The molecule has 0 aliphatic rings. The second-order valence-corrected chi connectivity index (χ2v) is 4.07. The van der Waals surface area contributed by atoms with E-state index in [2.05, 4.69) is 10.3 Å². The lowest BCUT2D eigenvalue weighted by molar-refractivity contribution is 0.0946. The van der Waals surface area contributed by atoms with Crippen molar-refractivity contribution in [1.82, 2.24) is 10.3 Å². The lowest BCUT2D eigenvalue weighted by atomic mass is 10.2. The molecule has 0 fully saturated rings. The van der Waals surface area contributed by atoms with Crippen LogP contribution in [-0.2, 0) is 6.54 Å². The van der Waals surface area contributed by atoms with E-state index in [4.69, 9.17) is 10.00 Å². The van der Waals surface area contributed by atoms with Gasteiger partial charge in [0.2, 0.25) is 0 Å². The maximum atomic E-state index is 11.9. The molecular formula is C15H13N3O2. The summed E-state index contributed by atoms with van der Waals surface area (Å²) >= 11 is 0. The number of hydrogen-bond acceptors (Lipinski definition) is 4. The van der Waals surface area contributed by atoms with Gasteiger partial charge in [-0.1, -0.05) is 12.1 Å². The summed E-state index contributed by atoms with van der Waals surface area (Å²) < 4.78 is 5.06. The number of nitrogens with zero attached hydrogens (tertiary/aromatic N) is 2. The van der Waals surface area contributed by atoms with E-state index in [1.807, 2.05) is 30.3 Å². The van der Waals surface area contributed by atoms with E-state index < -0.39 is 0 Å². The third-order valence-corrected chi connectivity index (χ3v) is 2.73. The summed E-state index contributed by atoms with van der Waals surface area (Å²) in [5, 5.41) is 11.5. The van der Waals surface area contributed by atoms with Crippen molar-refractivity contribution in [3.8, 4) is 11.8 Å². The first-order chi connectivity index (χ1) is 9.72. The molecule has 20 heavy (non-hydrogen) atoms. The van der Waals surface area contributed by atoms with Gasteiger partial charge >= 0.3 is 0 Å². The van der Waals surface area contributed by atoms with Crippen molar-refractivity contribution in [2.75, 3.05) is 7.11 Å². The van der Waals surface area contributed by atoms with Crippen molar-refractivity contribution in [2.45, 2.75) is 6.54 Å². The van der Waals surface area contributed by atoms with Crippen molar-refractivity contribution in [2.24, 2.45) is 0 Å². The number of methoxy groups -OCH3 is 1. The summed E-state index contributed by atoms with van der Waals surface area (Å²) in [7, 11) is 1.60. The monoisotopic (exact) mass is 267 g/mol. The average molecular weight is 267 g/mol. The third kappa shape index (κ3) is 3.33. The van der Waals surface area contributed by atoms with Gasteiger partial charge in [0, 0.05) is 12.7 Å². The van der Waals surface area contributed by atoms with Crippen molar-refractivity contribution in [3.63, 3.8) is 0 Å². The second kappa shape index (κ2) is 6.34. The molecule has 1 aromatic heterocycles. The van der Waals surface area contributed by atoms with Gasteiger partial charge in [-0.3, -0.25) is 9.78 Å². The summed E-state index contributed by atoms with van der Waals surface area (Å²) in [6.45, 7) is 0.390. The highest BCUT2D eigenvalue weighted by Gasteiger charge is 2.07. The average Bonchev–Trinajstić information content (AvgIpc) is 2.53. The number of rotatable bonds is 4. The number of benzene rings is 1. The summed E-state index contributed by atoms with van der Waals surface area (Å²) in [6, 6.07) is 12.4. The Morgan fingerprint density at radius 1 is 1.35 bits per heavy atom. The van der Waals surface area contributed by atoms with Crippen LogP contribution in [0.3, 0.4) is 0 Å². The van der Waals surface area contributed by atoms with Crippen LogP contribution in [0.25, 0.3) is 0 Å². The molecule has 0 aliphatic heterocycles. The first-order valence-corrected chi connectivity index (χ1v) is 6.00. The number of nitriles is 1. The molecule has 1 aromatic carbocycles. The molecule has 2 aromatic rings. The van der Waals surface area contributed by atoms with E-state index in [0.29, 0.717) is 12.1 Å². The van der Waals surface area contributed by atoms with Crippen LogP contribution in [0.2, 0.25) is 0 Å². The van der Waals surface area contributed by atoms with E-state index in [-0.39, 0.29) is 11.6 Å². The number of aromatic nitrogens is 1. The SMILES string of the molecule is COc1ccc(CNC(=O)c2cc(C#N)ccn2)cc1. The predicted octanol–water partition coefficient (Wildman–Crippen LogP) is 1.89. The minimum Gasteiger partial charge on any atom is -0.497 e. The van der Waals surface area contributed by atoms with E-state index in [1.165, 1.54) is 12.3 Å². The zero-order chi connectivity index (χ0) is 14.4. The molecular weight excluding hydrogens is 254 g/mol. The van der Waals surface area contributed by atoms with Gasteiger partial charge in [0.25, 0.3) is 5.91 Å². The Bertz CT molecular complexity index is 645. The van der Waals surface area contributed by atoms with Crippen molar-refractivity contribution < 1.29 is 9.53 Å². The van der Waals surface area contributed by atoms with Crippen LogP contribution in [-0.4, -0.2) is 18.0 Å². The number of carbonyl (C=O) groups excluding carboxylic acids is 1. The standard InChI is InChI=1S/C15H13N3O2/c1-20-13-4-2-11(3-5-13)10-18-15(19)14-8-12(9-16)6-7-17-14/h2-8H,10H2,1H3,(H,18,19). The smallest absolute Gasteiger partial charge is 0.270 e. The van der Waals surface area contributed by atoms with Crippen LogP contribution in [0.1, 0.15) is 21.6 Å².